The van der Waals surface area contributed by atoms with E-state index in [1.807, 2.05) is 24.4 Å². The van der Waals surface area contributed by atoms with E-state index in [1.165, 1.54) is 11.6 Å². The fourth-order valence-corrected chi connectivity index (χ4v) is 2.32. The quantitative estimate of drug-likeness (QED) is 0.752. The van der Waals surface area contributed by atoms with Crippen LogP contribution in [0.5, 0.6) is 0 Å². The van der Waals surface area contributed by atoms with Gasteiger partial charge in [-0.3, -0.25) is 4.98 Å². The molecule has 1 aliphatic rings. The van der Waals surface area contributed by atoms with Gasteiger partial charge in [0.05, 0.1) is 0 Å². The van der Waals surface area contributed by atoms with Gasteiger partial charge in [-0.1, -0.05) is 18.2 Å². The van der Waals surface area contributed by atoms with Crippen molar-refractivity contribution >= 4 is 24.1 Å². The molecule has 1 heterocycles. The summed E-state index contributed by atoms with van der Waals surface area (Å²) in [5.41, 5.74) is 4.17. The number of fused-ring (bicyclic) bond motifs is 1. The van der Waals surface area contributed by atoms with Crippen molar-refractivity contribution in [2.24, 2.45) is 0 Å². The number of benzene rings is 1. The molecule has 3 rings (SSSR count). The molecule has 1 aliphatic carbocycles. The molecule has 0 bridgehead atoms. The zero-order valence-corrected chi connectivity index (χ0v) is 10.6. The van der Waals surface area contributed by atoms with E-state index in [4.69, 9.17) is 0 Å². The van der Waals surface area contributed by atoms with Gasteiger partial charge in [0.15, 0.2) is 0 Å². The second-order valence-corrected chi connectivity index (χ2v) is 4.22. The number of rotatable bonds is 1. The lowest BCUT2D eigenvalue weighted by molar-refractivity contribution is 0.613. The lowest BCUT2D eigenvalue weighted by Crippen LogP contribution is -1.86. The summed E-state index contributed by atoms with van der Waals surface area (Å²) in [6.07, 6.45) is 7.38. The van der Waals surface area contributed by atoms with E-state index >= 15 is 0 Å². The van der Waals surface area contributed by atoms with Crippen LogP contribution in [0.1, 0.15) is 23.1 Å². The van der Waals surface area contributed by atoms with Gasteiger partial charge in [0.1, 0.15) is 5.82 Å². The van der Waals surface area contributed by atoms with Gasteiger partial charge in [0, 0.05) is 12.4 Å². The highest BCUT2D eigenvalue weighted by atomic mass is 35.5. The van der Waals surface area contributed by atoms with Crippen LogP contribution >= 0.6 is 12.4 Å². The van der Waals surface area contributed by atoms with Crippen molar-refractivity contribution in [1.82, 2.24) is 4.98 Å². The Labute approximate surface area is 112 Å². The van der Waals surface area contributed by atoms with Gasteiger partial charge in [0.2, 0.25) is 0 Å². The Bertz CT molecular complexity index is 578. The number of aromatic nitrogens is 1. The van der Waals surface area contributed by atoms with E-state index in [-0.39, 0.29) is 18.2 Å². The lowest BCUT2D eigenvalue weighted by atomic mass is 10.1. The topological polar surface area (TPSA) is 12.9 Å². The van der Waals surface area contributed by atoms with Crippen LogP contribution in [-0.4, -0.2) is 4.98 Å². The van der Waals surface area contributed by atoms with Crippen molar-refractivity contribution in [3.05, 3.63) is 65.2 Å². The first-order chi connectivity index (χ1) is 8.34. The third kappa shape index (κ3) is 2.29. The summed E-state index contributed by atoms with van der Waals surface area (Å²) in [7, 11) is 0. The van der Waals surface area contributed by atoms with Gasteiger partial charge in [-0.2, -0.15) is 0 Å². The molecule has 0 amide bonds. The van der Waals surface area contributed by atoms with Gasteiger partial charge >= 0.3 is 0 Å². The molecule has 0 saturated heterocycles. The Hall–Kier alpha value is -1.67. The zero-order chi connectivity index (χ0) is 11.7. The smallest absolute Gasteiger partial charge is 0.127 e. The minimum atomic E-state index is -0.0860. The largest absolute Gasteiger partial charge is 0.264 e. The molecule has 0 aliphatic heterocycles. The Morgan fingerprint density at radius 2 is 2.00 bits per heavy atom. The molecule has 0 fully saturated rings. The van der Waals surface area contributed by atoms with Crippen molar-refractivity contribution in [2.75, 3.05) is 0 Å². The number of nitrogens with zero attached hydrogens (tertiary/aromatic N) is 1. The third-order valence-corrected chi connectivity index (χ3v) is 3.13. The van der Waals surface area contributed by atoms with Gasteiger partial charge in [-0.05, 0) is 53.3 Å². The molecule has 0 atom stereocenters. The molecule has 1 aromatic carbocycles. The highest BCUT2D eigenvalue weighted by Gasteiger charge is 2.18. The van der Waals surface area contributed by atoms with Crippen LogP contribution in [0.15, 0.2) is 42.7 Å². The predicted molar refractivity (Wildman–Crippen MR) is 74.1 cm³/mol. The minimum Gasteiger partial charge on any atom is -0.264 e. The zero-order valence-electron chi connectivity index (χ0n) is 9.77. The van der Waals surface area contributed by atoms with Crippen LogP contribution in [0, 0.1) is 5.82 Å². The maximum Gasteiger partial charge on any atom is 0.127 e. The molecule has 1 nitrogen and oxygen atoms in total. The summed E-state index contributed by atoms with van der Waals surface area (Å²) in [5, 5.41) is 0. The van der Waals surface area contributed by atoms with Gasteiger partial charge < -0.3 is 0 Å². The van der Waals surface area contributed by atoms with Crippen LogP contribution < -0.4 is 0 Å². The molecule has 0 saturated carbocycles. The highest BCUT2D eigenvalue weighted by molar-refractivity contribution is 5.85. The number of allylic oxidation sites excluding steroid dienone is 1. The summed E-state index contributed by atoms with van der Waals surface area (Å²) in [6, 6.07) is 9.22. The first kappa shape index (κ1) is 12.8. The van der Waals surface area contributed by atoms with Crippen LogP contribution in [0.4, 0.5) is 4.39 Å². The monoisotopic (exact) mass is 261 g/mol. The van der Waals surface area contributed by atoms with Gasteiger partial charge in [-0.25, -0.2) is 4.39 Å². The Kier molecular flexibility index (Phi) is 3.78. The first-order valence-corrected chi connectivity index (χ1v) is 5.73. The SMILES string of the molecule is Cl.Fc1cccc2c1CC/C2=C\c1cccnc1. The van der Waals surface area contributed by atoms with E-state index in [1.54, 1.807) is 12.3 Å². The molecular formula is C15H13ClFN. The molecule has 0 radical (unpaired) electrons. The Balaban J connectivity index is 0.00000120. The number of pyridine rings is 1. The van der Waals surface area contributed by atoms with Crippen molar-refractivity contribution in [3.8, 4) is 0 Å². The fourth-order valence-electron chi connectivity index (χ4n) is 2.32. The van der Waals surface area contributed by atoms with Crippen LogP contribution in [-0.2, 0) is 6.42 Å². The predicted octanol–water partition coefficient (Wildman–Crippen LogP) is 4.13. The van der Waals surface area contributed by atoms with Crippen molar-refractivity contribution < 1.29 is 4.39 Å². The molecule has 0 unspecified atom stereocenters. The Morgan fingerprint density at radius 3 is 2.78 bits per heavy atom. The minimum absolute atomic E-state index is 0. The summed E-state index contributed by atoms with van der Waals surface area (Å²) >= 11 is 0. The molecule has 2 aromatic rings. The van der Waals surface area contributed by atoms with Crippen molar-refractivity contribution in [2.45, 2.75) is 12.8 Å². The van der Waals surface area contributed by atoms with Crippen LogP contribution in [0.2, 0.25) is 0 Å². The number of hydrogen-bond acceptors (Lipinski definition) is 1. The van der Waals surface area contributed by atoms with E-state index in [0.717, 1.165) is 29.5 Å². The van der Waals surface area contributed by atoms with Crippen LogP contribution in [0.3, 0.4) is 0 Å². The summed E-state index contributed by atoms with van der Waals surface area (Å²) in [6.45, 7) is 0. The molecule has 92 valence electrons. The van der Waals surface area contributed by atoms with Gasteiger partial charge in [0.25, 0.3) is 0 Å². The maximum absolute atomic E-state index is 13.6. The van der Waals surface area contributed by atoms with E-state index in [9.17, 15) is 4.39 Å². The van der Waals surface area contributed by atoms with E-state index in [2.05, 4.69) is 11.1 Å². The first-order valence-electron chi connectivity index (χ1n) is 5.73. The second-order valence-electron chi connectivity index (χ2n) is 4.22. The number of halogens is 2. The molecule has 18 heavy (non-hydrogen) atoms. The Morgan fingerprint density at radius 1 is 1.11 bits per heavy atom. The van der Waals surface area contributed by atoms with Crippen LogP contribution in [0.25, 0.3) is 11.6 Å². The van der Waals surface area contributed by atoms with Gasteiger partial charge in [-0.15, -0.1) is 12.4 Å². The van der Waals surface area contributed by atoms with E-state index in [0.29, 0.717) is 0 Å². The summed E-state index contributed by atoms with van der Waals surface area (Å²) in [5.74, 6) is -0.0860. The summed E-state index contributed by atoms with van der Waals surface area (Å²) in [4.78, 5) is 4.08. The van der Waals surface area contributed by atoms with Crippen molar-refractivity contribution in [1.29, 1.82) is 0 Å². The standard InChI is InChI=1S/C15H12FN.ClH/c16-15-5-1-4-13-12(6-7-14(13)15)9-11-3-2-8-17-10-11;/h1-5,8-10H,6-7H2;1H/b12-9+;. The third-order valence-electron chi connectivity index (χ3n) is 3.13. The number of hydrogen-bond donors (Lipinski definition) is 0. The molecule has 0 N–H and O–H groups in total. The maximum atomic E-state index is 13.6. The molecular weight excluding hydrogens is 249 g/mol. The molecule has 3 heteroatoms. The lowest BCUT2D eigenvalue weighted by Gasteiger charge is -2.01. The van der Waals surface area contributed by atoms with Crippen molar-refractivity contribution in [3.63, 3.8) is 0 Å². The molecule has 1 aromatic heterocycles. The summed E-state index contributed by atoms with van der Waals surface area (Å²) < 4.78 is 13.6. The average Bonchev–Trinajstić information content (AvgIpc) is 2.76. The normalized spacial score (nSPS) is 15.3. The molecule has 0 spiro atoms. The second kappa shape index (κ2) is 5.32. The fraction of sp³-hybridized carbons (Fsp3) is 0.133. The van der Waals surface area contributed by atoms with E-state index < -0.39 is 0 Å². The average molecular weight is 262 g/mol. The highest BCUT2D eigenvalue weighted by Crippen LogP contribution is 2.34.